The van der Waals surface area contributed by atoms with Gasteiger partial charge in [-0.1, -0.05) is 29.3 Å². The molecule has 0 bridgehead atoms. The molecule has 0 fully saturated rings. The molecule has 2 rings (SSSR count). The number of halogens is 1. The number of furan rings is 1. The molecule has 24 heavy (non-hydrogen) atoms. The summed E-state index contributed by atoms with van der Waals surface area (Å²) in [5.41, 5.74) is 0. The van der Waals surface area contributed by atoms with Gasteiger partial charge in [0.1, 0.15) is 5.76 Å². The zero-order valence-electron chi connectivity index (χ0n) is 14.0. The van der Waals surface area contributed by atoms with Gasteiger partial charge in [-0.15, -0.1) is 0 Å². The number of unbranched alkanes of at least 4 members (excludes halogenated alkanes) is 1. The molecule has 0 saturated carbocycles. The summed E-state index contributed by atoms with van der Waals surface area (Å²) in [6.07, 6.45) is 2.01. The molecule has 0 spiro atoms. The summed E-state index contributed by atoms with van der Waals surface area (Å²) in [6, 6.07) is 10.8. The first-order chi connectivity index (χ1) is 11.5. The fourth-order valence-corrected chi connectivity index (χ4v) is 3.56. The van der Waals surface area contributed by atoms with Crippen LogP contribution in [-0.2, 0) is 16.6 Å². The molecule has 2 aromatic rings. The molecule has 1 aromatic carbocycles. The van der Waals surface area contributed by atoms with E-state index in [0.717, 1.165) is 28.8 Å². The van der Waals surface area contributed by atoms with Gasteiger partial charge in [0, 0.05) is 22.5 Å². The number of carbonyl (C=O) groups is 1. The second-order valence-electron chi connectivity index (χ2n) is 5.45. The van der Waals surface area contributed by atoms with Gasteiger partial charge in [0.05, 0.1) is 16.6 Å². The standard InChI is InChI=1S/C18H22BrNO3S/c1-3-5-12-20(4-2)18(21)17-11-8-15(23-17)13-24(22)16-9-6-14(19)7-10-16/h6-11H,3-5,12-13H2,1-2H3/t24-/m0/s1. The smallest absolute Gasteiger partial charge is 0.289 e. The molecule has 1 atom stereocenters. The van der Waals surface area contributed by atoms with Crippen molar-refractivity contribution in [3.05, 3.63) is 52.4 Å². The Kier molecular flexibility index (Phi) is 7.24. The topological polar surface area (TPSA) is 50.5 Å². The number of hydrogen-bond donors (Lipinski definition) is 0. The van der Waals surface area contributed by atoms with Crippen LogP contribution in [0.5, 0.6) is 0 Å². The highest BCUT2D eigenvalue weighted by Crippen LogP contribution is 2.18. The molecule has 0 radical (unpaired) electrons. The summed E-state index contributed by atoms with van der Waals surface area (Å²) in [6.45, 7) is 5.44. The Labute approximate surface area is 153 Å². The molecule has 0 aliphatic heterocycles. The molecule has 6 heteroatoms. The molecular weight excluding hydrogens is 390 g/mol. The molecule has 1 heterocycles. The van der Waals surface area contributed by atoms with Crippen LogP contribution in [0.1, 0.15) is 43.0 Å². The van der Waals surface area contributed by atoms with Crippen LogP contribution in [0.2, 0.25) is 0 Å². The minimum atomic E-state index is -1.20. The lowest BCUT2D eigenvalue weighted by atomic mass is 10.3. The number of amides is 1. The maximum absolute atomic E-state index is 12.4. The van der Waals surface area contributed by atoms with E-state index in [1.807, 2.05) is 31.2 Å². The average Bonchev–Trinajstić information content (AvgIpc) is 3.04. The van der Waals surface area contributed by atoms with E-state index in [9.17, 15) is 9.00 Å². The van der Waals surface area contributed by atoms with Crippen molar-refractivity contribution in [3.63, 3.8) is 0 Å². The van der Waals surface area contributed by atoms with E-state index < -0.39 is 10.8 Å². The number of carbonyl (C=O) groups excluding carboxylic acids is 1. The van der Waals surface area contributed by atoms with Gasteiger partial charge in [-0.25, -0.2) is 0 Å². The Bertz CT molecular complexity index is 697. The summed E-state index contributed by atoms with van der Waals surface area (Å²) in [5, 5.41) is 0. The number of rotatable bonds is 8. The van der Waals surface area contributed by atoms with E-state index in [0.29, 0.717) is 18.1 Å². The Morgan fingerprint density at radius 3 is 2.50 bits per heavy atom. The van der Waals surface area contributed by atoms with Crippen molar-refractivity contribution in [3.8, 4) is 0 Å². The van der Waals surface area contributed by atoms with Crippen molar-refractivity contribution in [2.45, 2.75) is 37.3 Å². The molecule has 0 N–H and O–H groups in total. The lowest BCUT2D eigenvalue weighted by Crippen LogP contribution is -2.31. The van der Waals surface area contributed by atoms with Crippen LogP contribution >= 0.6 is 15.9 Å². The van der Waals surface area contributed by atoms with Crippen LogP contribution in [-0.4, -0.2) is 28.1 Å². The van der Waals surface area contributed by atoms with E-state index in [2.05, 4.69) is 22.9 Å². The van der Waals surface area contributed by atoms with Crippen LogP contribution in [0, 0.1) is 0 Å². The Morgan fingerprint density at radius 2 is 1.88 bits per heavy atom. The summed E-state index contributed by atoms with van der Waals surface area (Å²) < 4.78 is 19.0. The van der Waals surface area contributed by atoms with E-state index >= 15 is 0 Å². The Balaban J connectivity index is 2.03. The Hall–Kier alpha value is -1.40. The normalized spacial score (nSPS) is 12.1. The van der Waals surface area contributed by atoms with Gasteiger partial charge in [-0.05, 0) is 49.7 Å². The lowest BCUT2D eigenvalue weighted by Gasteiger charge is -2.19. The predicted octanol–water partition coefficient (Wildman–Crippen LogP) is 4.61. The predicted molar refractivity (Wildman–Crippen MR) is 99.4 cm³/mol. The highest BCUT2D eigenvalue weighted by atomic mass is 79.9. The van der Waals surface area contributed by atoms with Crippen molar-refractivity contribution in [2.75, 3.05) is 13.1 Å². The van der Waals surface area contributed by atoms with Crippen molar-refractivity contribution < 1.29 is 13.4 Å². The van der Waals surface area contributed by atoms with Crippen LogP contribution in [0.25, 0.3) is 0 Å². The molecular formula is C18H22BrNO3S. The van der Waals surface area contributed by atoms with Crippen LogP contribution in [0.4, 0.5) is 0 Å². The first-order valence-corrected chi connectivity index (χ1v) is 10.2. The van der Waals surface area contributed by atoms with E-state index in [-0.39, 0.29) is 11.7 Å². The first-order valence-electron chi connectivity index (χ1n) is 8.07. The number of nitrogens with zero attached hydrogens (tertiary/aromatic N) is 1. The van der Waals surface area contributed by atoms with Gasteiger partial charge in [0.2, 0.25) is 0 Å². The van der Waals surface area contributed by atoms with Crippen LogP contribution < -0.4 is 0 Å². The summed E-state index contributed by atoms with van der Waals surface area (Å²) in [7, 11) is -1.20. The molecule has 1 amide bonds. The van der Waals surface area contributed by atoms with Crippen molar-refractivity contribution >= 4 is 32.6 Å². The zero-order valence-corrected chi connectivity index (χ0v) is 16.4. The number of hydrogen-bond acceptors (Lipinski definition) is 3. The summed E-state index contributed by atoms with van der Waals surface area (Å²) in [5.74, 6) is 1.03. The maximum atomic E-state index is 12.4. The van der Waals surface area contributed by atoms with Crippen LogP contribution in [0.15, 0.2) is 50.2 Å². The van der Waals surface area contributed by atoms with Gasteiger partial charge in [-0.2, -0.15) is 0 Å². The SMILES string of the molecule is CCCCN(CC)C(=O)c1ccc(C[S@](=O)c2ccc(Br)cc2)o1. The first kappa shape index (κ1) is 18.9. The molecule has 0 aliphatic rings. The summed E-state index contributed by atoms with van der Waals surface area (Å²) in [4.78, 5) is 15.0. The monoisotopic (exact) mass is 411 g/mol. The molecule has 130 valence electrons. The van der Waals surface area contributed by atoms with Crippen molar-refractivity contribution in [2.24, 2.45) is 0 Å². The zero-order chi connectivity index (χ0) is 17.5. The molecule has 0 aliphatic carbocycles. The second kappa shape index (κ2) is 9.18. The molecule has 1 aromatic heterocycles. The minimum absolute atomic E-state index is 0.105. The van der Waals surface area contributed by atoms with Gasteiger partial charge < -0.3 is 9.32 Å². The highest BCUT2D eigenvalue weighted by Gasteiger charge is 2.18. The second-order valence-corrected chi connectivity index (χ2v) is 7.81. The molecule has 0 saturated heterocycles. The fourth-order valence-electron chi connectivity index (χ4n) is 2.28. The van der Waals surface area contributed by atoms with Gasteiger partial charge >= 0.3 is 0 Å². The average molecular weight is 412 g/mol. The largest absolute Gasteiger partial charge is 0.455 e. The van der Waals surface area contributed by atoms with E-state index in [1.54, 1.807) is 17.0 Å². The van der Waals surface area contributed by atoms with E-state index in [1.165, 1.54) is 0 Å². The number of benzene rings is 1. The van der Waals surface area contributed by atoms with Gasteiger partial charge in [-0.3, -0.25) is 9.00 Å². The summed E-state index contributed by atoms with van der Waals surface area (Å²) >= 11 is 3.36. The fraction of sp³-hybridized carbons (Fsp3) is 0.389. The Morgan fingerprint density at radius 1 is 1.17 bits per heavy atom. The highest BCUT2D eigenvalue weighted by molar-refractivity contribution is 9.10. The third-order valence-corrected chi connectivity index (χ3v) is 5.55. The maximum Gasteiger partial charge on any atom is 0.289 e. The molecule has 0 unspecified atom stereocenters. The lowest BCUT2D eigenvalue weighted by molar-refractivity contribution is 0.0729. The molecule has 4 nitrogen and oxygen atoms in total. The third-order valence-electron chi connectivity index (χ3n) is 3.67. The van der Waals surface area contributed by atoms with Gasteiger partial charge in [0.15, 0.2) is 5.76 Å². The minimum Gasteiger partial charge on any atom is -0.455 e. The quantitative estimate of drug-likeness (QED) is 0.636. The third kappa shape index (κ3) is 5.05. The van der Waals surface area contributed by atoms with E-state index in [4.69, 9.17) is 4.42 Å². The van der Waals surface area contributed by atoms with Crippen molar-refractivity contribution in [1.29, 1.82) is 0 Å². The van der Waals surface area contributed by atoms with Crippen molar-refractivity contribution in [1.82, 2.24) is 4.90 Å². The van der Waals surface area contributed by atoms with Gasteiger partial charge in [0.25, 0.3) is 5.91 Å². The van der Waals surface area contributed by atoms with Crippen LogP contribution in [0.3, 0.4) is 0 Å².